The van der Waals surface area contributed by atoms with Crippen molar-refractivity contribution in [3.63, 3.8) is 0 Å². The highest BCUT2D eigenvalue weighted by molar-refractivity contribution is 5.85. The molecule has 0 radical (unpaired) electrons. The molecule has 2 heterocycles. The van der Waals surface area contributed by atoms with E-state index in [-0.39, 0.29) is 30.0 Å². The molecule has 1 fully saturated rings. The summed E-state index contributed by atoms with van der Waals surface area (Å²) in [6.45, 7) is 3.70. The number of H-pyrrole nitrogens is 1. The van der Waals surface area contributed by atoms with Crippen molar-refractivity contribution >= 4 is 18.1 Å². The predicted molar refractivity (Wildman–Crippen MR) is 98.1 cm³/mol. The maximum Gasteiger partial charge on any atom is 0.434 e. The first kappa shape index (κ1) is 21.3. The van der Waals surface area contributed by atoms with Crippen molar-refractivity contribution in [3.05, 3.63) is 34.3 Å². The minimum absolute atomic E-state index is 0. The second-order valence-corrected chi connectivity index (χ2v) is 6.42. The van der Waals surface area contributed by atoms with Gasteiger partial charge >= 0.3 is 11.9 Å². The molecule has 150 valence electrons. The van der Waals surface area contributed by atoms with Gasteiger partial charge in [0.1, 0.15) is 0 Å². The number of anilines is 1. The molecule has 6 nitrogen and oxygen atoms in total. The van der Waals surface area contributed by atoms with Crippen molar-refractivity contribution in [2.24, 2.45) is 5.92 Å². The Morgan fingerprint density at radius 3 is 2.59 bits per heavy atom. The summed E-state index contributed by atoms with van der Waals surface area (Å²) < 4.78 is 45.2. The van der Waals surface area contributed by atoms with Gasteiger partial charge in [-0.25, -0.2) is 9.89 Å². The van der Waals surface area contributed by atoms with Gasteiger partial charge in [-0.2, -0.15) is 13.2 Å². The standard InChI is InChI=1S/C17H21F3N4O2.ClH/c1-2-13(10-5-7-21-8-6-10)22-14-9-11(15-23-24-16(25)26-15)3-4-12(14)17(18,19)20;/h3-4,9-10,13,21-22H,2,5-8H2,1H3,(H,24,25);1H. The molecule has 0 spiro atoms. The summed E-state index contributed by atoms with van der Waals surface area (Å²) in [5.74, 6) is -0.494. The van der Waals surface area contributed by atoms with Crippen molar-refractivity contribution in [2.75, 3.05) is 18.4 Å². The van der Waals surface area contributed by atoms with Crippen LogP contribution in [0.3, 0.4) is 0 Å². The highest BCUT2D eigenvalue weighted by Crippen LogP contribution is 2.38. The summed E-state index contributed by atoms with van der Waals surface area (Å²) in [4.78, 5) is 11.1. The summed E-state index contributed by atoms with van der Waals surface area (Å²) in [6, 6.07) is 3.51. The topological polar surface area (TPSA) is 83.0 Å². The first-order valence-corrected chi connectivity index (χ1v) is 8.63. The average molecular weight is 407 g/mol. The Morgan fingerprint density at radius 1 is 1.33 bits per heavy atom. The molecule has 1 unspecified atom stereocenters. The zero-order valence-corrected chi connectivity index (χ0v) is 15.5. The van der Waals surface area contributed by atoms with Crippen LogP contribution in [0.5, 0.6) is 0 Å². The maximum atomic E-state index is 13.4. The van der Waals surface area contributed by atoms with Gasteiger partial charge in [-0.1, -0.05) is 6.92 Å². The van der Waals surface area contributed by atoms with Crippen molar-refractivity contribution in [1.29, 1.82) is 0 Å². The third-order valence-electron chi connectivity index (χ3n) is 4.74. The summed E-state index contributed by atoms with van der Waals surface area (Å²) in [5.41, 5.74) is -0.462. The molecule has 3 rings (SSSR count). The zero-order valence-electron chi connectivity index (χ0n) is 14.7. The molecule has 0 aliphatic carbocycles. The van der Waals surface area contributed by atoms with Crippen LogP contribution in [0.4, 0.5) is 18.9 Å². The first-order valence-electron chi connectivity index (χ1n) is 8.63. The van der Waals surface area contributed by atoms with Gasteiger partial charge in [0.2, 0.25) is 5.89 Å². The molecule has 1 atom stereocenters. The van der Waals surface area contributed by atoms with E-state index in [0.29, 0.717) is 17.9 Å². The van der Waals surface area contributed by atoms with E-state index in [0.717, 1.165) is 32.0 Å². The Balaban J connectivity index is 0.00000261. The van der Waals surface area contributed by atoms with Crippen LogP contribution in [0.25, 0.3) is 11.5 Å². The van der Waals surface area contributed by atoms with Crippen molar-refractivity contribution in [1.82, 2.24) is 15.5 Å². The number of hydrogen-bond donors (Lipinski definition) is 3. The number of hydrogen-bond acceptors (Lipinski definition) is 5. The summed E-state index contributed by atoms with van der Waals surface area (Å²) in [7, 11) is 0. The lowest BCUT2D eigenvalue weighted by Crippen LogP contribution is -2.37. The van der Waals surface area contributed by atoms with Gasteiger partial charge in [-0.05, 0) is 56.5 Å². The van der Waals surface area contributed by atoms with Crippen LogP contribution in [0.1, 0.15) is 31.7 Å². The molecule has 1 saturated heterocycles. The van der Waals surface area contributed by atoms with Crippen LogP contribution in [0.2, 0.25) is 0 Å². The van der Waals surface area contributed by atoms with Crippen LogP contribution >= 0.6 is 12.4 Å². The highest BCUT2D eigenvalue weighted by atomic mass is 35.5. The van der Waals surface area contributed by atoms with Crippen molar-refractivity contribution in [2.45, 2.75) is 38.4 Å². The summed E-state index contributed by atoms with van der Waals surface area (Å²) >= 11 is 0. The van der Waals surface area contributed by atoms with Crippen LogP contribution in [0.15, 0.2) is 27.4 Å². The van der Waals surface area contributed by atoms with Crippen molar-refractivity contribution in [3.8, 4) is 11.5 Å². The molecule has 0 amide bonds. The second-order valence-electron chi connectivity index (χ2n) is 6.42. The number of rotatable bonds is 5. The smallest absolute Gasteiger partial charge is 0.388 e. The van der Waals surface area contributed by atoms with Gasteiger partial charge in [0.05, 0.1) is 5.56 Å². The van der Waals surface area contributed by atoms with E-state index in [1.165, 1.54) is 12.1 Å². The van der Waals surface area contributed by atoms with E-state index in [9.17, 15) is 18.0 Å². The lowest BCUT2D eigenvalue weighted by molar-refractivity contribution is -0.137. The number of benzene rings is 1. The molecule has 2 aromatic rings. The Morgan fingerprint density at radius 2 is 2.04 bits per heavy atom. The molecule has 3 N–H and O–H groups in total. The Hall–Kier alpha value is -2.00. The summed E-state index contributed by atoms with van der Waals surface area (Å²) in [6.07, 6.45) is -1.94. The largest absolute Gasteiger partial charge is 0.434 e. The van der Waals surface area contributed by atoms with Gasteiger partial charge in [-0.15, -0.1) is 17.5 Å². The lowest BCUT2D eigenvalue weighted by atomic mass is 9.88. The van der Waals surface area contributed by atoms with Gasteiger partial charge in [-0.3, -0.25) is 0 Å². The Labute approximate surface area is 160 Å². The van der Waals surface area contributed by atoms with E-state index >= 15 is 0 Å². The molecule has 0 saturated carbocycles. The maximum absolute atomic E-state index is 13.4. The van der Waals surface area contributed by atoms with E-state index < -0.39 is 17.5 Å². The molecular weight excluding hydrogens is 385 g/mol. The van der Waals surface area contributed by atoms with E-state index in [4.69, 9.17) is 4.42 Å². The predicted octanol–water partition coefficient (Wildman–Crippen LogP) is 3.66. The van der Waals surface area contributed by atoms with Gasteiger partial charge in [0, 0.05) is 17.3 Å². The van der Waals surface area contributed by atoms with Crippen LogP contribution in [-0.4, -0.2) is 29.3 Å². The fourth-order valence-electron chi connectivity index (χ4n) is 3.40. The third kappa shape index (κ3) is 5.04. The zero-order chi connectivity index (χ0) is 18.7. The Kier molecular flexibility index (Phi) is 6.94. The van der Waals surface area contributed by atoms with E-state index in [1.54, 1.807) is 0 Å². The molecule has 1 aromatic carbocycles. The SMILES string of the molecule is CCC(Nc1cc(-c2n[nH]c(=O)o2)ccc1C(F)(F)F)C1CCNCC1.Cl. The number of nitrogens with zero attached hydrogens (tertiary/aromatic N) is 1. The number of aromatic nitrogens is 2. The van der Waals surface area contributed by atoms with Gasteiger partial charge in [0.15, 0.2) is 0 Å². The quantitative estimate of drug-likeness (QED) is 0.705. The van der Waals surface area contributed by atoms with Crippen LogP contribution < -0.4 is 16.4 Å². The Bertz CT molecular complexity index is 800. The van der Waals surface area contributed by atoms with E-state index in [1.807, 2.05) is 6.92 Å². The molecule has 0 bridgehead atoms. The normalized spacial score (nSPS) is 16.6. The monoisotopic (exact) mass is 406 g/mol. The number of piperidine rings is 1. The van der Waals surface area contributed by atoms with Gasteiger partial charge < -0.3 is 15.1 Å². The highest BCUT2D eigenvalue weighted by Gasteiger charge is 2.35. The van der Waals surface area contributed by atoms with E-state index in [2.05, 4.69) is 20.8 Å². The lowest BCUT2D eigenvalue weighted by Gasteiger charge is -2.32. The number of alkyl halides is 3. The fraction of sp³-hybridized carbons (Fsp3) is 0.529. The van der Waals surface area contributed by atoms with Gasteiger partial charge in [0.25, 0.3) is 0 Å². The molecule has 1 aromatic heterocycles. The van der Waals surface area contributed by atoms with Crippen molar-refractivity contribution < 1.29 is 17.6 Å². The fourth-order valence-corrected chi connectivity index (χ4v) is 3.40. The minimum Gasteiger partial charge on any atom is -0.388 e. The summed E-state index contributed by atoms with van der Waals surface area (Å²) in [5, 5.41) is 12.1. The minimum atomic E-state index is -4.49. The second kappa shape index (κ2) is 8.79. The molecule has 1 aliphatic rings. The molecule has 1 aliphatic heterocycles. The molecular formula is C17H22ClF3N4O2. The molecule has 10 heteroatoms. The average Bonchev–Trinajstić information content (AvgIpc) is 3.06. The van der Waals surface area contributed by atoms with Crippen LogP contribution in [-0.2, 0) is 6.18 Å². The van der Waals surface area contributed by atoms with Crippen LogP contribution in [0, 0.1) is 5.92 Å². The number of nitrogens with one attached hydrogen (secondary N) is 3. The number of halogens is 4. The first-order chi connectivity index (χ1) is 12.4. The number of aromatic amines is 1. The third-order valence-corrected chi connectivity index (χ3v) is 4.74. The molecule has 27 heavy (non-hydrogen) atoms.